The Hall–Kier alpha value is -2.11. The van der Waals surface area contributed by atoms with E-state index in [4.69, 9.17) is 23.2 Å². The molecule has 0 atom stereocenters. The van der Waals surface area contributed by atoms with E-state index in [2.05, 4.69) is 15.6 Å². The van der Waals surface area contributed by atoms with Gasteiger partial charge in [-0.15, -0.1) is 0 Å². The van der Waals surface area contributed by atoms with Crippen molar-refractivity contribution < 1.29 is 9.59 Å². The molecule has 0 saturated heterocycles. The molecular weight excluding hydrogens is 373 g/mol. The first-order valence-corrected chi connectivity index (χ1v) is 9.33. The van der Waals surface area contributed by atoms with Crippen molar-refractivity contribution in [3.05, 3.63) is 57.8 Å². The Morgan fingerprint density at radius 2 is 1.62 bits per heavy atom. The first kappa shape index (κ1) is 18.7. The van der Waals surface area contributed by atoms with E-state index in [0.717, 1.165) is 25.7 Å². The molecule has 1 heterocycles. The maximum absolute atomic E-state index is 12.4. The zero-order valence-corrected chi connectivity index (χ0v) is 15.6. The third kappa shape index (κ3) is 4.74. The summed E-state index contributed by atoms with van der Waals surface area (Å²) in [4.78, 5) is 29.0. The van der Waals surface area contributed by atoms with Gasteiger partial charge in [0.15, 0.2) is 0 Å². The largest absolute Gasteiger partial charge is 0.348 e. The highest BCUT2D eigenvalue weighted by atomic mass is 35.5. The highest BCUT2D eigenvalue weighted by Crippen LogP contribution is 2.25. The Morgan fingerprint density at radius 3 is 2.31 bits per heavy atom. The molecule has 2 aromatic rings. The third-order valence-electron chi connectivity index (χ3n) is 4.33. The number of pyridine rings is 1. The highest BCUT2D eigenvalue weighted by molar-refractivity contribution is 6.42. The van der Waals surface area contributed by atoms with Crippen LogP contribution in [0.1, 0.15) is 53.1 Å². The van der Waals surface area contributed by atoms with Crippen molar-refractivity contribution in [2.75, 3.05) is 5.32 Å². The molecule has 0 unspecified atom stereocenters. The van der Waals surface area contributed by atoms with Crippen LogP contribution >= 0.6 is 23.2 Å². The monoisotopic (exact) mass is 391 g/mol. The molecule has 1 aromatic heterocycles. The second-order valence-corrected chi connectivity index (χ2v) is 7.11. The van der Waals surface area contributed by atoms with Crippen LogP contribution in [0.15, 0.2) is 36.4 Å². The second kappa shape index (κ2) is 8.52. The fourth-order valence-electron chi connectivity index (χ4n) is 2.96. The number of rotatable bonds is 4. The Morgan fingerprint density at radius 1 is 0.923 bits per heavy atom. The van der Waals surface area contributed by atoms with Crippen LogP contribution in [0.3, 0.4) is 0 Å². The van der Waals surface area contributed by atoms with Crippen LogP contribution in [0.2, 0.25) is 10.0 Å². The zero-order valence-electron chi connectivity index (χ0n) is 14.1. The normalized spacial score (nSPS) is 14.7. The Kier molecular flexibility index (Phi) is 6.12. The summed E-state index contributed by atoms with van der Waals surface area (Å²) in [5.74, 6) is -0.670. The number of anilines is 1. The van der Waals surface area contributed by atoms with Gasteiger partial charge in [-0.05, 0) is 43.2 Å². The van der Waals surface area contributed by atoms with Gasteiger partial charge in [-0.1, -0.05) is 48.5 Å². The van der Waals surface area contributed by atoms with Crippen molar-refractivity contribution in [3.63, 3.8) is 0 Å². The number of aromatic nitrogens is 1. The Labute approximate surface area is 162 Å². The van der Waals surface area contributed by atoms with Crippen molar-refractivity contribution in [3.8, 4) is 0 Å². The molecule has 26 heavy (non-hydrogen) atoms. The van der Waals surface area contributed by atoms with Crippen molar-refractivity contribution in [1.82, 2.24) is 10.3 Å². The first-order valence-electron chi connectivity index (χ1n) is 8.57. The molecule has 1 fully saturated rings. The van der Waals surface area contributed by atoms with Crippen LogP contribution in [0.4, 0.5) is 5.69 Å². The van der Waals surface area contributed by atoms with Crippen LogP contribution in [0, 0.1) is 0 Å². The predicted octanol–water partition coefficient (Wildman–Crippen LogP) is 4.70. The van der Waals surface area contributed by atoms with Gasteiger partial charge in [0.2, 0.25) is 0 Å². The topological polar surface area (TPSA) is 71.1 Å². The molecule has 1 aliphatic carbocycles. The second-order valence-electron chi connectivity index (χ2n) is 6.30. The smallest absolute Gasteiger partial charge is 0.274 e. The van der Waals surface area contributed by atoms with Crippen molar-refractivity contribution >= 4 is 40.7 Å². The summed E-state index contributed by atoms with van der Waals surface area (Å²) in [7, 11) is 0. The number of halogens is 2. The SMILES string of the molecule is O=C(Nc1ccc(Cl)c(Cl)c1)c1cccc(C(=O)NC2CCCCC2)n1. The van der Waals surface area contributed by atoms with Crippen LogP contribution in [0.5, 0.6) is 0 Å². The van der Waals surface area contributed by atoms with Gasteiger partial charge in [0, 0.05) is 11.7 Å². The number of carbonyl (C=O) groups excluding carboxylic acids is 2. The lowest BCUT2D eigenvalue weighted by Gasteiger charge is -2.22. The summed E-state index contributed by atoms with van der Waals surface area (Å²) >= 11 is 11.8. The summed E-state index contributed by atoms with van der Waals surface area (Å²) in [5, 5.41) is 6.45. The Bertz CT molecular complexity index is 820. The predicted molar refractivity (Wildman–Crippen MR) is 103 cm³/mol. The van der Waals surface area contributed by atoms with Gasteiger partial charge in [-0.3, -0.25) is 9.59 Å². The minimum absolute atomic E-state index is 0.160. The van der Waals surface area contributed by atoms with E-state index in [-0.39, 0.29) is 23.3 Å². The van der Waals surface area contributed by atoms with E-state index < -0.39 is 5.91 Å². The van der Waals surface area contributed by atoms with Crippen molar-refractivity contribution in [1.29, 1.82) is 0 Å². The van der Waals surface area contributed by atoms with Crippen molar-refractivity contribution in [2.45, 2.75) is 38.1 Å². The van der Waals surface area contributed by atoms with Gasteiger partial charge < -0.3 is 10.6 Å². The molecule has 1 saturated carbocycles. The van der Waals surface area contributed by atoms with E-state index in [1.807, 2.05) is 0 Å². The number of carbonyl (C=O) groups is 2. The number of nitrogens with one attached hydrogen (secondary N) is 2. The summed E-state index contributed by atoms with van der Waals surface area (Å²) in [6.45, 7) is 0. The molecule has 0 radical (unpaired) electrons. The van der Waals surface area contributed by atoms with E-state index in [1.54, 1.807) is 36.4 Å². The number of hydrogen-bond acceptors (Lipinski definition) is 3. The molecule has 0 spiro atoms. The lowest BCUT2D eigenvalue weighted by atomic mass is 9.95. The fourth-order valence-corrected chi connectivity index (χ4v) is 3.26. The summed E-state index contributed by atoms with van der Waals surface area (Å²) in [6.07, 6.45) is 5.45. The van der Waals surface area contributed by atoms with Gasteiger partial charge in [0.1, 0.15) is 11.4 Å². The third-order valence-corrected chi connectivity index (χ3v) is 5.07. The Balaban J connectivity index is 1.68. The molecule has 2 amide bonds. The molecule has 0 bridgehead atoms. The van der Waals surface area contributed by atoms with Gasteiger partial charge in [-0.25, -0.2) is 4.98 Å². The minimum atomic E-state index is -0.421. The average Bonchev–Trinajstić information content (AvgIpc) is 2.65. The molecule has 1 aliphatic rings. The van der Waals surface area contributed by atoms with Crippen LogP contribution in [-0.4, -0.2) is 22.8 Å². The molecule has 136 valence electrons. The summed E-state index contributed by atoms with van der Waals surface area (Å²) < 4.78 is 0. The lowest BCUT2D eigenvalue weighted by Crippen LogP contribution is -2.36. The van der Waals surface area contributed by atoms with Crippen molar-refractivity contribution in [2.24, 2.45) is 0 Å². The van der Waals surface area contributed by atoms with E-state index in [0.29, 0.717) is 15.7 Å². The van der Waals surface area contributed by atoms with Crippen LogP contribution < -0.4 is 10.6 Å². The van der Waals surface area contributed by atoms with Gasteiger partial charge >= 0.3 is 0 Å². The quantitative estimate of drug-likeness (QED) is 0.792. The molecule has 7 heteroatoms. The molecule has 3 rings (SSSR count). The minimum Gasteiger partial charge on any atom is -0.348 e. The molecule has 1 aromatic carbocycles. The van der Waals surface area contributed by atoms with Crippen LogP contribution in [-0.2, 0) is 0 Å². The molecular formula is C19H19Cl2N3O2. The number of amides is 2. The first-order chi connectivity index (χ1) is 12.5. The van der Waals surface area contributed by atoms with E-state index in [1.165, 1.54) is 6.42 Å². The number of nitrogens with zero attached hydrogens (tertiary/aromatic N) is 1. The highest BCUT2D eigenvalue weighted by Gasteiger charge is 2.18. The molecule has 5 nitrogen and oxygen atoms in total. The van der Waals surface area contributed by atoms with Gasteiger partial charge in [-0.2, -0.15) is 0 Å². The van der Waals surface area contributed by atoms with E-state index in [9.17, 15) is 9.59 Å². The lowest BCUT2D eigenvalue weighted by molar-refractivity contribution is 0.0922. The number of hydrogen-bond donors (Lipinski definition) is 2. The van der Waals surface area contributed by atoms with Gasteiger partial charge in [0.25, 0.3) is 11.8 Å². The summed E-state index contributed by atoms with van der Waals surface area (Å²) in [6, 6.07) is 9.80. The van der Waals surface area contributed by atoms with Gasteiger partial charge in [0.05, 0.1) is 10.0 Å². The zero-order chi connectivity index (χ0) is 18.5. The maximum Gasteiger partial charge on any atom is 0.274 e. The maximum atomic E-state index is 12.4. The summed E-state index contributed by atoms with van der Waals surface area (Å²) in [5.41, 5.74) is 0.896. The average molecular weight is 392 g/mol. The standard InChI is InChI=1S/C19H19Cl2N3O2/c20-14-10-9-13(11-15(14)21)23-19(26)17-8-4-7-16(24-17)18(25)22-12-5-2-1-3-6-12/h4,7-12H,1-3,5-6H2,(H,22,25)(H,23,26). The molecule has 2 N–H and O–H groups in total. The van der Waals surface area contributed by atoms with E-state index >= 15 is 0 Å². The molecule has 0 aliphatic heterocycles. The number of benzene rings is 1. The van der Waals surface area contributed by atoms with Crippen LogP contribution in [0.25, 0.3) is 0 Å². The fraction of sp³-hybridized carbons (Fsp3) is 0.316.